The molecule has 0 saturated carbocycles. The Morgan fingerprint density at radius 3 is 1.70 bits per heavy atom. The summed E-state index contributed by atoms with van der Waals surface area (Å²) in [5.41, 5.74) is 3.58. The van der Waals surface area contributed by atoms with Crippen LogP contribution >= 0.6 is 0 Å². The predicted octanol–water partition coefficient (Wildman–Crippen LogP) is 4.48. The van der Waals surface area contributed by atoms with Gasteiger partial charge < -0.3 is 15.5 Å². The molecule has 0 aromatic heterocycles. The minimum Gasteiger partial charge on any atom is -0.378 e. The fourth-order valence-electron chi connectivity index (χ4n) is 1.97. The Morgan fingerprint density at radius 2 is 1.26 bits per heavy atom. The van der Waals surface area contributed by atoms with Crippen molar-refractivity contribution in [3.05, 3.63) is 48.5 Å². The van der Waals surface area contributed by atoms with E-state index in [0.29, 0.717) is 0 Å². The monoisotopic (exact) mass is 311 g/mol. The summed E-state index contributed by atoms with van der Waals surface area (Å²) in [7, 11) is 4.04. The number of carbonyl (C=O) groups is 1. The van der Waals surface area contributed by atoms with E-state index in [1.54, 1.807) is 0 Å². The molecule has 2 rings (SSSR count). The molecule has 122 valence electrons. The van der Waals surface area contributed by atoms with Gasteiger partial charge in [-0.3, -0.25) is 4.79 Å². The summed E-state index contributed by atoms with van der Waals surface area (Å²) >= 11 is 0. The molecule has 0 atom stereocenters. The molecule has 0 heterocycles. The molecule has 23 heavy (non-hydrogen) atoms. The van der Waals surface area contributed by atoms with E-state index < -0.39 is 5.41 Å². The lowest BCUT2D eigenvalue weighted by atomic mass is 9.95. The lowest BCUT2D eigenvalue weighted by molar-refractivity contribution is -0.123. The quantitative estimate of drug-likeness (QED) is 0.875. The third kappa shape index (κ3) is 4.74. The summed E-state index contributed by atoms with van der Waals surface area (Å²) < 4.78 is 0. The highest BCUT2D eigenvalue weighted by Gasteiger charge is 2.20. The number of hydrogen-bond acceptors (Lipinski definition) is 3. The van der Waals surface area contributed by atoms with E-state index in [-0.39, 0.29) is 5.91 Å². The van der Waals surface area contributed by atoms with E-state index in [9.17, 15) is 4.79 Å². The summed E-state index contributed by atoms with van der Waals surface area (Å²) in [6.07, 6.45) is 0. The molecule has 0 aliphatic heterocycles. The van der Waals surface area contributed by atoms with E-state index in [1.165, 1.54) is 0 Å². The standard InChI is InChI=1S/C19H25N3O/c1-19(2,3)18(23)21-16-8-6-14(7-9-16)20-15-10-12-17(13-11-15)22(4)5/h6-13,20H,1-5H3,(H,21,23). The lowest BCUT2D eigenvalue weighted by Crippen LogP contribution is -2.27. The first-order chi connectivity index (χ1) is 10.8. The van der Waals surface area contributed by atoms with E-state index in [2.05, 4.69) is 27.7 Å². The zero-order valence-corrected chi connectivity index (χ0v) is 14.5. The number of rotatable bonds is 4. The zero-order chi connectivity index (χ0) is 17.0. The van der Waals surface area contributed by atoms with Gasteiger partial charge in [0.25, 0.3) is 0 Å². The Hall–Kier alpha value is -2.49. The SMILES string of the molecule is CN(C)c1ccc(Nc2ccc(NC(=O)C(C)(C)C)cc2)cc1. The van der Waals surface area contributed by atoms with Crippen LogP contribution in [0.2, 0.25) is 0 Å². The Bertz CT molecular complexity index is 653. The van der Waals surface area contributed by atoms with Gasteiger partial charge in [0, 0.05) is 42.3 Å². The van der Waals surface area contributed by atoms with Gasteiger partial charge in [-0.25, -0.2) is 0 Å². The smallest absolute Gasteiger partial charge is 0.229 e. The summed E-state index contributed by atoms with van der Waals surface area (Å²) in [5.74, 6) is 0.0116. The highest BCUT2D eigenvalue weighted by molar-refractivity contribution is 5.94. The summed E-state index contributed by atoms with van der Waals surface area (Å²) in [6.45, 7) is 5.70. The maximum atomic E-state index is 12.0. The predicted molar refractivity (Wildman–Crippen MR) is 98.6 cm³/mol. The van der Waals surface area contributed by atoms with Crippen molar-refractivity contribution in [2.75, 3.05) is 29.6 Å². The molecule has 0 spiro atoms. The molecular weight excluding hydrogens is 286 g/mol. The molecular formula is C19H25N3O. The maximum absolute atomic E-state index is 12.0. The molecule has 0 saturated heterocycles. The van der Waals surface area contributed by atoms with Gasteiger partial charge in [-0.1, -0.05) is 20.8 Å². The van der Waals surface area contributed by atoms with Crippen LogP contribution in [0.1, 0.15) is 20.8 Å². The van der Waals surface area contributed by atoms with Gasteiger partial charge in [-0.15, -0.1) is 0 Å². The maximum Gasteiger partial charge on any atom is 0.229 e. The van der Waals surface area contributed by atoms with Crippen molar-refractivity contribution in [1.29, 1.82) is 0 Å². The number of anilines is 4. The van der Waals surface area contributed by atoms with Crippen LogP contribution in [0, 0.1) is 5.41 Å². The average Bonchev–Trinajstić information content (AvgIpc) is 2.49. The van der Waals surface area contributed by atoms with Crippen molar-refractivity contribution in [3.8, 4) is 0 Å². The first-order valence-corrected chi connectivity index (χ1v) is 7.71. The Morgan fingerprint density at radius 1 is 0.826 bits per heavy atom. The fraction of sp³-hybridized carbons (Fsp3) is 0.316. The highest BCUT2D eigenvalue weighted by Crippen LogP contribution is 2.22. The summed E-state index contributed by atoms with van der Waals surface area (Å²) in [6, 6.07) is 16.0. The molecule has 0 aliphatic rings. The van der Waals surface area contributed by atoms with Crippen molar-refractivity contribution >= 4 is 28.7 Å². The van der Waals surface area contributed by atoms with Crippen LogP contribution < -0.4 is 15.5 Å². The Kier molecular flexibility index (Phi) is 4.94. The number of nitrogens with zero attached hydrogens (tertiary/aromatic N) is 1. The van der Waals surface area contributed by atoms with Crippen molar-refractivity contribution in [2.24, 2.45) is 5.41 Å². The molecule has 2 aromatic rings. The first kappa shape index (κ1) is 16.9. The van der Waals surface area contributed by atoms with Gasteiger partial charge >= 0.3 is 0 Å². The third-order valence-electron chi connectivity index (χ3n) is 3.50. The molecule has 0 unspecified atom stereocenters. The normalized spacial score (nSPS) is 11.0. The van der Waals surface area contributed by atoms with Crippen LogP contribution in [-0.2, 0) is 4.79 Å². The lowest BCUT2D eigenvalue weighted by Gasteiger charge is -2.18. The number of nitrogens with one attached hydrogen (secondary N) is 2. The molecule has 4 nitrogen and oxygen atoms in total. The Labute approximate surface area is 138 Å². The van der Waals surface area contributed by atoms with Crippen LogP contribution in [0.15, 0.2) is 48.5 Å². The second-order valence-electron chi connectivity index (χ2n) is 6.85. The van der Waals surface area contributed by atoms with Crippen molar-refractivity contribution in [3.63, 3.8) is 0 Å². The largest absolute Gasteiger partial charge is 0.378 e. The van der Waals surface area contributed by atoms with Crippen molar-refractivity contribution in [1.82, 2.24) is 0 Å². The number of carbonyl (C=O) groups excluding carboxylic acids is 1. The van der Waals surface area contributed by atoms with Gasteiger partial charge in [-0.05, 0) is 48.5 Å². The van der Waals surface area contributed by atoms with Gasteiger partial charge in [-0.2, -0.15) is 0 Å². The topological polar surface area (TPSA) is 44.4 Å². The number of benzene rings is 2. The zero-order valence-electron chi connectivity index (χ0n) is 14.5. The molecule has 2 aromatic carbocycles. The molecule has 0 bridgehead atoms. The van der Waals surface area contributed by atoms with Crippen LogP contribution in [0.4, 0.5) is 22.7 Å². The van der Waals surface area contributed by atoms with Crippen LogP contribution in [0.3, 0.4) is 0 Å². The third-order valence-corrected chi connectivity index (χ3v) is 3.50. The molecule has 0 fully saturated rings. The second-order valence-corrected chi connectivity index (χ2v) is 6.85. The molecule has 2 N–H and O–H groups in total. The first-order valence-electron chi connectivity index (χ1n) is 7.71. The van der Waals surface area contributed by atoms with E-state index in [0.717, 1.165) is 22.7 Å². The van der Waals surface area contributed by atoms with E-state index in [4.69, 9.17) is 0 Å². The van der Waals surface area contributed by atoms with Crippen LogP contribution in [-0.4, -0.2) is 20.0 Å². The second kappa shape index (κ2) is 6.73. The minimum absolute atomic E-state index is 0.0116. The molecule has 1 amide bonds. The van der Waals surface area contributed by atoms with Gasteiger partial charge in [0.05, 0.1) is 0 Å². The van der Waals surface area contributed by atoms with Crippen molar-refractivity contribution in [2.45, 2.75) is 20.8 Å². The summed E-state index contributed by atoms with van der Waals surface area (Å²) in [5, 5.41) is 6.27. The minimum atomic E-state index is -0.398. The highest BCUT2D eigenvalue weighted by atomic mass is 16.2. The van der Waals surface area contributed by atoms with Crippen LogP contribution in [0.25, 0.3) is 0 Å². The van der Waals surface area contributed by atoms with Crippen LogP contribution in [0.5, 0.6) is 0 Å². The van der Waals surface area contributed by atoms with Gasteiger partial charge in [0.1, 0.15) is 0 Å². The molecule has 4 heteroatoms. The molecule has 0 aliphatic carbocycles. The van der Waals surface area contributed by atoms with E-state index in [1.807, 2.05) is 71.3 Å². The molecule has 0 radical (unpaired) electrons. The Balaban J connectivity index is 2.01. The van der Waals surface area contributed by atoms with Gasteiger partial charge in [0.2, 0.25) is 5.91 Å². The number of amides is 1. The van der Waals surface area contributed by atoms with Gasteiger partial charge in [0.15, 0.2) is 0 Å². The average molecular weight is 311 g/mol. The number of hydrogen-bond donors (Lipinski definition) is 2. The van der Waals surface area contributed by atoms with E-state index >= 15 is 0 Å². The fourth-order valence-corrected chi connectivity index (χ4v) is 1.97. The summed E-state index contributed by atoms with van der Waals surface area (Å²) in [4.78, 5) is 14.0. The van der Waals surface area contributed by atoms with Crippen molar-refractivity contribution < 1.29 is 4.79 Å².